The van der Waals surface area contributed by atoms with Crippen LogP contribution in [0.5, 0.6) is 0 Å². The van der Waals surface area contributed by atoms with Crippen molar-refractivity contribution in [2.45, 2.75) is 25.4 Å². The number of carbonyl (C=O) groups excluding carboxylic acids is 2. The second kappa shape index (κ2) is 10.2. The number of carbonyl (C=O) groups is 2. The van der Waals surface area contributed by atoms with Gasteiger partial charge in [0.15, 0.2) is 0 Å². The van der Waals surface area contributed by atoms with Gasteiger partial charge >= 0.3 is 6.03 Å². The lowest BCUT2D eigenvalue weighted by Crippen LogP contribution is -2.46. The first-order valence-corrected chi connectivity index (χ1v) is 10.5. The number of halogens is 2. The fourth-order valence-corrected chi connectivity index (χ4v) is 3.65. The number of amides is 3. The average Bonchev–Trinajstić information content (AvgIpc) is 3.47. The molecule has 1 N–H and O–H groups in total. The molecular weight excluding hydrogens is 427 g/mol. The third-order valence-electron chi connectivity index (χ3n) is 5.07. The van der Waals surface area contributed by atoms with E-state index in [-0.39, 0.29) is 25.0 Å². The van der Waals surface area contributed by atoms with Gasteiger partial charge in [0, 0.05) is 38.6 Å². The molecule has 1 aromatic carbocycles. The maximum atomic E-state index is 13.1. The third kappa shape index (κ3) is 5.68. The van der Waals surface area contributed by atoms with Crippen LogP contribution < -0.4 is 5.32 Å². The molecular formula is C21H26Cl2N4O3. The molecule has 7 nitrogen and oxygen atoms in total. The summed E-state index contributed by atoms with van der Waals surface area (Å²) in [6, 6.07) is 8.70. The number of benzene rings is 1. The van der Waals surface area contributed by atoms with E-state index in [2.05, 4.69) is 5.32 Å². The fraction of sp³-hybridized carbons (Fsp3) is 0.429. The number of aryl methyl sites for hydroxylation is 1. The van der Waals surface area contributed by atoms with Crippen molar-refractivity contribution >= 4 is 40.8 Å². The van der Waals surface area contributed by atoms with E-state index in [1.807, 2.05) is 34.8 Å². The summed E-state index contributed by atoms with van der Waals surface area (Å²) in [6.07, 6.45) is 3.92. The Morgan fingerprint density at radius 2 is 1.90 bits per heavy atom. The summed E-state index contributed by atoms with van der Waals surface area (Å²) in [4.78, 5) is 29.3. The molecule has 0 unspecified atom stereocenters. The Balaban J connectivity index is 1.71. The fourth-order valence-electron chi connectivity index (χ4n) is 3.15. The molecule has 162 valence electrons. The van der Waals surface area contributed by atoms with Crippen LogP contribution in [-0.4, -0.2) is 59.2 Å². The minimum absolute atomic E-state index is 0.0574. The van der Waals surface area contributed by atoms with Crippen LogP contribution in [0, 0.1) is 0 Å². The highest BCUT2D eigenvalue weighted by Gasteiger charge is 2.34. The highest BCUT2D eigenvalue weighted by Crippen LogP contribution is 2.31. The number of hydrogen-bond donors (Lipinski definition) is 1. The highest BCUT2D eigenvalue weighted by atomic mass is 35.5. The number of hydrogen-bond acceptors (Lipinski definition) is 3. The molecule has 0 saturated heterocycles. The first-order chi connectivity index (χ1) is 14.4. The van der Waals surface area contributed by atoms with E-state index >= 15 is 0 Å². The number of para-hydroxylation sites is 1. The van der Waals surface area contributed by atoms with Crippen molar-refractivity contribution in [1.82, 2.24) is 14.4 Å². The molecule has 0 spiro atoms. The van der Waals surface area contributed by atoms with E-state index in [4.69, 9.17) is 27.9 Å². The number of methoxy groups -OCH3 is 1. The Morgan fingerprint density at radius 1 is 1.20 bits per heavy atom. The van der Waals surface area contributed by atoms with Crippen LogP contribution in [0.4, 0.5) is 10.5 Å². The van der Waals surface area contributed by atoms with Crippen LogP contribution >= 0.6 is 23.2 Å². The Hall–Kier alpha value is -2.22. The monoisotopic (exact) mass is 452 g/mol. The van der Waals surface area contributed by atoms with Gasteiger partial charge in [0.25, 0.3) is 0 Å². The number of urea groups is 1. The van der Waals surface area contributed by atoms with Gasteiger partial charge in [-0.2, -0.15) is 0 Å². The standard InChI is InChI=1S/C21H26Cl2N4O3/c1-25-10-4-5-16(25)13-27(15-8-9-15)19(28)14-26(11-12-30-2)21(29)24-20-17(22)6-3-7-18(20)23/h3-7,10,15H,8-9,11-14H2,1-2H3,(H,24,29). The SMILES string of the molecule is COCCN(CC(=O)N(Cc1cccn1C)C1CC1)C(=O)Nc1c(Cl)cccc1Cl. The Kier molecular flexibility index (Phi) is 7.64. The van der Waals surface area contributed by atoms with Gasteiger partial charge in [0.05, 0.1) is 28.9 Å². The highest BCUT2D eigenvalue weighted by molar-refractivity contribution is 6.39. The van der Waals surface area contributed by atoms with Crippen molar-refractivity contribution < 1.29 is 14.3 Å². The Bertz CT molecular complexity index is 878. The van der Waals surface area contributed by atoms with Crippen LogP contribution in [-0.2, 0) is 23.1 Å². The summed E-state index contributed by atoms with van der Waals surface area (Å²) in [5, 5.41) is 3.39. The second-order valence-corrected chi connectivity index (χ2v) is 8.12. The molecule has 9 heteroatoms. The Morgan fingerprint density at radius 3 is 2.47 bits per heavy atom. The van der Waals surface area contributed by atoms with Gasteiger partial charge in [0.1, 0.15) is 6.54 Å². The van der Waals surface area contributed by atoms with E-state index in [9.17, 15) is 9.59 Å². The molecule has 1 aliphatic carbocycles. The van der Waals surface area contributed by atoms with E-state index < -0.39 is 6.03 Å². The van der Waals surface area contributed by atoms with Crippen LogP contribution in [0.3, 0.4) is 0 Å². The maximum absolute atomic E-state index is 13.1. The van der Waals surface area contributed by atoms with E-state index in [0.717, 1.165) is 18.5 Å². The van der Waals surface area contributed by atoms with Gasteiger partial charge in [-0.3, -0.25) is 4.79 Å². The van der Waals surface area contributed by atoms with E-state index in [1.165, 1.54) is 4.90 Å². The lowest BCUT2D eigenvalue weighted by molar-refractivity contribution is -0.133. The van der Waals surface area contributed by atoms with Crippen molar-refractivity contribution in [2.24, 2.45) is 7.05 Å². The molecule has 0 radical (unpaired) electrons. The molecule has 1 aliphatic rings. The maximum Gasteiger partial charge on any atom is 0.322 e. The van der Waals surface area contributed by atoms with Crippen molar-refractivity contribution in [1.29, 1.82) is 0 Å². The van der Waals surface area contributed by atoms with E-state index in [0.29, 0.717) is 28.9 Å². The summed E-state index contributed by atoms with van der Waals surface area (Å²) < 4.78 is 7.12. The first kappa shape index (κ1) is 22.5. The minimum atomic E-state index is -0.454. The molecule has 1 aromatic heterocycles. The summed E-state index contributed by atoms with van der Waals surface area (Å²) in [5.41, 5.74) is 1.37. The quantitative estimate of drug-likeness (QED) is 0.624. The van der Waals surface area contributed by atoms with Gasteiger partial charge in [-0.15, -0.1) is 0 Å². The minimum Gasteiger partial charge on any atom is -0.383 e. The molecule has 2 aromatic rings. The first-order valence-electron chi connectivity index (χ1n) is 9.79. The zero-order valence-corrected chi connectivity index (χ0v) is 18.6. The van der Waals surface area contributed by atoms with Crippen LogP contribution in [0.2, 0.25) is 10.0 Å². The summed E-state index contributed by atoms with van der Waals surface area (Å²) >= 11 is 12.3. The Labute approximate surface area is 186 Å². The van der Waals surface area contributed by atoms with Gasteiger partial charge < -0.3 is 24.4 Å². The lowest BCUT2D eigenvalue weighted by Gasteiger charge is -2.28. The normalized spacial score (nSPS) is 13.2. The summed E-state index contributed by atoms with van der Waals surface area (Å²) in [5.74, 6) is -0.102. The van der Waals surface area contributed by atoms with Crippen LogP contribution in [0.25, 0.3) is 0 Å². The van der Waals surface area contributed by atoms with Crippen molar-refractivity contribution in [3.8, 4) is 0 Å². The topological polar surface area (TPSA) is 66.8 Å². The number of ether oxygens (including phenoxy) is 1. The zero-order valence-electron chi connectivity index (χ0n) is 17.1. The number of nitrogens with one attached hydrogen (secondary N) is 1. The molecule has 30 heavy (non-hydrogen) atoms. The van der Waals surface area contributed by atoms with Gasteiger partial charge in [0.2, 0.25) is 5.91 Å². The molecule has 3 amide bonds. The molecule has 3 rings (SSSR count). The van der Waals surface area contributed by atoms with Gasteiger partial charge in [-0.1, -0.05) is 29.3 Å². The second-order valence-electron chi connectivity index (χ2n) is 7.30. The van der Waals surface area contributed by atoms with Gasteiger partial charge in [-0.05, 0) is 37.1 Å². The predicted molar refractivity (Wildman–Crippen MR) is 118 cm³/mol. The average molecular weight is 453 g/mol. The van der Waals surface area contributed by atoms with Crippen LogP contribution in [0.1, 0.15) is 18.5 Å². The van der Waals surface area contributed by atoms with Crippen molar-refractivity contribution in [2.75, 3.05) is 32.1 Å². The third-order valence-corrected chi connectivity index (χ3v) is 5.69. The molecule has 0 aliphatic heterocycles. The zero-order chi connectivity index (χ0) is 21.7. The van der Waals surface area contributed by atoms with Crippen LogP contribution in [0.15, 0.2) is 36.5 Å². The largest absolute Gasteiger partial charge is 0.383 e. The van der Waals surface area contributed by atoms with Crippen molar-refractivity contribution in [3.63, 3.8) is 0 Å². The number of nitrogens with zero attached hydrogens (tertiary/aromatic N) is 3. The number of rotatable bonds is 9. The summed E-state index contributed by atoms with van der Waals surface area (Å²) in [6.45, 7) is 1.03. The molecule has 1 saturated carbocycles. The number of anilines is 1. The molecule has 0 atom stereocenters. The molecule has 1 fully saturated rings. The molecule has 1 heterocycles. The van der Waals surface area contributed by atoms with Gasteiger partial charge in [-0.25, -0.2) is 4.79 Å². The lowest BCUT2D eigenvalue weighted by atomic mass is 10.3. The number of aromatic nitrogens is 1. The smallest absolute Gasteiger partial charge is 0.322 e. The predicted octanol–water partition coefficient (Wildman–Crippen LogP) is 4.00. The summed E-state index contributed by atoms with van der Waals surface area (Å²) in [7, 11) is 3.51. The van der Waals surface area contributed by atoms with E-state index in [1.54, 1.807) is 25.3 Å². The van der Waals surface area contributed by atoms with Crippen molar-refractivity contribution in [3.05, 3.63) is 52.3 Å². The molecule has 0 bridgehead atoms.